The summed E-state index contributed by atoms with van der Waals surface area (Å²) >= 11 is 0. The van der Waals surface area contributed by atoms with Crippen LogP contribution in [0.1, 0.15) is 74.3 Å². The normalized spacial score (nSPS) is 28.4. The highest BCUT2D eigenvalue weighted by Gasteiger charge is 2.40. The van der Waals surface area contributed by atoms with Crippen LogP contribution in [0.4, 0.5) is 0 Å². The molecule has 2 saturated heterocycles. The molecule has 0 unspecified atom stereocenters. The summed E-state index contributed by atoms with van der Waals surface area (Å²) in [7, 11) is 2.21. The first-order chi connectivity index (χ1) is 12.9. The first kappa shape index (κ1) is 18.9. The monoisotopic (exact) mass is 374 g/mol. The molecule has 3 aliphatic heterocycles. The number of carbonyl (C=O) groups excluding carboxylic acids is 1. The molecule has 0 aliphatic carbocycles. The lowest BCUT2D eigenvalue weighted by Gasteiger charge is -2.46. The molecule has 0 aromatic carbocycles. The van der Waals surface area contributed by atoms with Crippen molar-refractivity contribution in [1.29, 1.82) is 0 Å². The lowest BCUT2D eigenvalue weighted by Crippen LogP contribution is -2.48. The average Bonchev–Trinajstić information content (AvgIpc) is 3.03. The van der Waals surface area contributed by atoms with Crippen LogP contribution < -0.4 is 0 Å². The van der Waals surface area contributed by atoms with Crippen molar-refractivity contribution in [1.82, 2.24) is 19.6 Å². The fourth-order valence-electron chi connectivity index (χ4n) is 5.19. The molecule has 150 valence electrons. The van der Waals surface area contributed by atoms with Crippen LogP contribution in [-0.4, -0.2) is 64.8 Å². The van der Waals surface area contributed by atoms with Gasteiger partial charge in [-0.05, 0) is 72.0 Å². The van der Waals surface area contributed by atoms with E-state index in [0.717, 1.165) is 55.8 Å². The van der Waals surface area contributed by atoms with Gasteiger partial charge in [0.2, 0.25) is 0 Å². The number of fused-ring (bicyclic) bond motifs is 1. The highest BCUT2D eigenvalue weighted by molar-refractivity contribution is 5.94. The largest absolute Gasteiger partial charge is 0.369 e. The number of aromatic nitrogens is 2. The van der Waals surface area contributed by atoms with Crippen LogP contribution in [-0.2, 0) is 17.7 Å². The Kier molecular flexibility index (Phi) is 5.06. The van der Waals surface area contributed by atoms with E-state index in [9.17, 15) is 4.79 Å². The third kappa shape index (κ3) is 3.42. The predicted octanol–water partition coefficient (Wildman–Crippen LogP) is 2.87. The van der Waals surface area contributed by atoms with Gasteiger partial charge >= 0.3 is 0 Å². The zero-order chi connectivity index (χ0) is 19.2. The number of likely N-dealkylation sites (tertiary alicyclic amines) is 2. The Morgan fingerprint density at radius 2 is 1.78 bits per heavy atom. The molecule has 4 rings (SSSR count). The number of carbonyl (C=O) groups is 1. The van der Waals surface area contributed by atoms with Gasteiger partial charge < -0.3 is 14.5 Å². The molecule has 1 spiro atoms. The summed E-state index contributed by atoms with van der Waals surface area (Å²) in [5.74, 6) is 0.176. The van der Waals surface area contributed by atoms with Crippen molar-refractivity contribution in [2.24, 2.45) is 5.41 Å². The summed E-state index contributed by atoms with van der Waals surface area (Å²) in [6, 6.07) is 0. The van der Waals surface area contributed by atoms with E-state index in [1.54, 1.807) is 0 Å². The zero-order valence-corrected chi connectivity index (χ0v) is 17.3. The third-order valence-electron chi connectivity index (χ3n) is 7.06. The summed E-state index contributed by atoms with van der Waals surface area (Å²) < 4.78 is 7.84. The van der Waals surface area contributed by atoms with Gasteiger partial charge in [0, 0.05) is 31.6 Å². The number of hydrogen-bond donors (Lipinski definition) is 0. The quantitative estimate of drug-likeness (QED) is 0.799. The molecule has 0 saturated carbocycles. The molecule has 6 heteroatoms. The molecule has 1 aromatic heterocycles. The fourth-order valence-corrected chi connectivity index (χ4v) is 5.19. The molecule has 0 radical (unpaired) electrons. The number of rotatable bonds is 2. The average molecular weight is 375 g/mol. The Morgan fingerprint density at radius 3 is 2.41 bits per heavy atom. The molecule has 2 fully saturated rings. The van der Waals surface area contributed by atoms with Crippen molar-refractivity contribution in [2.75, 3.05) is 33.2 Å². The fraction of sp³-hybridized carbons (Fsp3) is 0.810. The minimum Gasteiger partial charge on any atom is -0.369 e. The van der Waals surface area contributed by atoms with Gasteiger partial charge in [0.05, 0.1) is 17.9 Å². The van der Waals surface area contributed by atoms with Crippen LogP contribution in [0.5, 0.6) is 0 Å². The van der Waals surface area contributed by atoms with Crippen molar-refractivity contribution in [3.63, 3.8) is 0 Å². The van der Waals surface area contributed by atoms with Crippen LogP contribution in [0.25, 0.3) is 0 Å². The maximum absolute atomic E-state index is 13.5. The second-order valence-corrected chi connectivity index (χ2v) is 8.92. The third-order valence-corrected chi connectivity index (χ3v) is 7.06. The summed E-state index contributed by atoms with van der Waals surface area (Å²) in [4.78, 5) is 18.0. The molecule has 4 heterocycles. The summed E-state index contributed by atoms with van der Waals surface area (Å²) in [5.41, 5.74) is 3.36. The van der Waals surface area contributed by atoms with Gasteiger partial charge in [-0.1, -0.05) is 0 Å². The smallest absolute Gasteiger partial charge is 0.272 e. The van der Waals surface area contributed by atoms with Crippen molar-refractivity contribution in [3.05, 3.63) is 17.0 Å². The SMILES string of the molecule is CCn1nc2c(c1C(=O)N1CCC3(CCN(C)CC3)CC1)C[C@H](C)O[C@@H]2C. The Labute approximate surface area is 162 Å². The molecule has 1 aromatic rings. The summed E-state index contributed by atoms with van der Waals surface area (Å²) in [6.07, 6.45) is 5.73. The molecular formula is C21H34N4O2. The number of ether oxygens (including phenoxy) is 1. The maximum Gasteiger partial charge on any atom is 0.272 e. The molecule has 1 amide bonds. The molecule has 6 nitrogen and oxygen atoms in total. The van der Waals surface area contributed by atoms with E-state index < -0.39 is 0 Å². The number of aryl methyl sites for hydroxylation is 1. The van der Waals surface area contributed by atoms with Crippen molar-refractivity contribution >= 4 is 5.91 Å². The molecule has 3 aliphatic rings. The van der Waals surface area contributed by atoms with E-state index >= 15 is 0 Å². The van der Waals surface area contributed by atoms with Crippen LogP contribution in [0, 0.1) is 5.41 Å². The van der Waals surface area contributed by atoms with E-state index in [2.05, 4.69) is 30.7 Å². The Hall–Kier alpha value is -1.40. The molecule has 0 bridgehead atoms. The van der Waals surface area contributed by atoms with Crippen LogP contribution in [0.3, 0.4) is 0 Å². The standard InChI is InChI=1S/C21H34N4O2/c1-5-25-19(17-14-15(2)27-16(3)18(17)22-25)20(26)24-12-8-21(9-13-24)6-10-23(4)11-7-21/h15-16H,5-14H2,1-4H3/t15-,16+/m0/s1. The zero-order valence-electron chi connectivity index (χ0n) is 17.3. The van der Waals surface area contributed by atoms with Gasteiger partial charge in [-0.3, -0.25) is 9.48 Å². The minimum atomic E-state index is -0.0352. The van der Waals surface area contributed by atoms with E-state index in [1.807, 2.05) is 11.6 Å². The molecular weight excluding hydrogens is 340 g/mol. The highest BCUT2D eigenvalue weighted by atomic mass is 16.5. The summed E-state index contributed by atoms with van der Waals surface area (Å²) in [6.45, 7) is 11.1. The van der Waals surface area contributed by atoms with E-state index in [-0.39, 0.29) is 18.1 Å². The predicted molar refractivity (Wildman–Crippen MR) is 105 cm³/mol. The maximum atomic E-state index is 13.5. The lowest BCUT2D eigenvalue weighted by molar-refractivity contribution is -0.00721. The van der Waals surface area contributed by atoms with E-state index in [1.165, 1.54) is 25.9 Å². The summed E-state index contributed by atoms with van der Waals surface area (Å²) in [5, 5.41) is 4.73. The van der Waals surface area contributed by atoms with Gasteiger partial charge in [0.25, 0.3) is 5.91 Å². The van der Waals surface area contributed by atoms with Crippen molar-refractivity contribution in [3.8, 4) is 0 Å². The molecule has 2 atom stereocenters. The molecule has 0 N–H and O–H groups in total. The van der Waals surface area contributed by atoms with Gasteiger partial charge in [-0.25, -0.2) is 0 Å². The van der Waals surface area contributed by atoms with Crippen LogP contribution in [0.2, 0.25) is 0 Å². The minimum absolute atomic E-state index is 0.0352. The number of nitrogens with zero attached hydrogens (tertiary/aromatic N) is 4. The van der Waals surface area contributed by atoms with Crippen LogP contribution >= 0.6 is 0 Å². The van der Waals surface area contributed by atoms with Crippen molar-refractivity contribution in [2.45, 2.75) is 71.6 Å². The van der Waals surface area contributed by atoms with E-state index in [4.69, 9.17) is 9.84 Å². The first-order valence-electron chi connectivity index (χ1n) is 10.7. The van der Waals surface area contributed by atoms with Gasteiger partial charge in [0.1, 0.15) is 5.69 Å². The number of hydrogen-bond acceptors (Lipinski definition) is 4. The highest BCUT2D eigenvalue weighted by Crippen LogP contribution is 2.41. The Morgan fingerprint density at radius 1 is 1.15 bits per heavy atom. The first-order valence-corrected chi connectivity index (χ1v) is 10.7. The Balaban J connectivity index is 1.52. The number of piperidine rings is 2. The van der Waals surface area contributed by atoms with E-state index in [0.29, 0.717) is 5.41 Å². The number of amides is 1. The second-order valence-electron chi connectivity index (χ2n) is 8.92. The van der Waals surface area contributed by atoms with Gasteiger partial charge in [-0.15, -0.1) is 0 Å². The van der Waals surface area contributed by atoms with Crippen LogP contribution in [0.15, 0.2) is 0 Å². The topological polar surface area (TPSA) is 50.6 Å². The molecule has 27 heavy (non-hydrogen) atoms. The second kappa shape index (κ2) is 7.21. The lowest BCUT2D eigenvalue weighted by atomic mass is 9.71. The van der Waals surface area contributed by atoms with Gasteiger partial charge in [0.15, 0.2) is 0 Å². The van der Waals surface area contributed by atoms with Gasteiger partial charge in [-0.2, -0.15) is 5.10 Å². The van der Waals surface area contributed by atoms with Crippen molar-refractivity contribution < 1.29 is 9.53 Å². The Bertz CT molecular complexity index is 695.